The summed E-state index contributed by atoms with van der Waals surface area (Å²) in [5.41, 5.74) is 3.46. The molecule has 202 valence electrons. The number of carboxylic acids is 1. The third-order valence-corrected chi connectivity index (χ3v) is 7.15. The number of hydrogen-bond acceptors (Lipinski definition) is 9. The highest BCUT2D eigenvalue weighted by Gasteiger charge is 2.44. The van der Waals surface area contributed by atoms with Gasteiger partial charge in [-0.15, -0.1) is 0 Å². The minimum atomic E-state index is -1.34. The Labute approximate surface area is 222 Å². The van der Waals surface area contributed by atoms with Crippen molar-refractivity contribution in [2.75, 3.05) is 25.9 Å². The van der Waals surface area contributed by atoms with E-state index in [1.165, 1.54) is 23.4 Å². The number of carbonyl (C=O) groups is 5. The van der Waals surface area contributed by atoms with E-state index in [-0.39, 0.29) is 37.6 Å². The molecule has 4 amide bonds. The van der Waals surface area contributed by atoms with Crippen molar-refractivity contribution in [1.82, 2.24) is 40.5 Å². The highest BCUT2D eigenvalue weighted by Crippen LogP contribution is 2.24. The van der Waals surface area contributed by atoms with Gasteiger partial charge in [0.25, 0.3) is 0 Å². The number of aromatic nitrogens is 3. The minimum absolute atomic E-state index is 0.0857. The number of Topliss-reactive ketones (excluding diaryl/α,β-unsaturated/α-hetero) is 1. The van der Waals surface area contributed by atoms with Gasteiger partial charge in [-0.2, -0.15) is 5.10 Å². The first kappa shape index (κ1) is 27.1. The predicted octanol–water partition coefficient (Wildman–Crippen LogP) is 0.0561. The van der Waals surface area contributed by atoms with Crippen LogP contribution in [0.2, 0.25) is 0 Å². The van der Waals surface area contributed by atoms with Crippen LogP contribution in [0.25, 0.3) is 5.69 Å². The summed E-state index contributed by atoms with van der Waals surface area (Å²) in [6, 6.07) is 6.18. The maximum atomic E-state index is 13.3. The summed E-state index contributed by atoms with van der Waals surface area (Å²) in [5.74, 6) is -2.98. The molecule has 2 aliphatic heterocycles. The Morgan fingerprint density at radius 1 is 1.18 bits per heavy atom. The van der Waals surface area contributed by atoms with Crippen LogP contribution in [0, 0.1) is 0 Å². The molecule has 0 saturated carbocycles. The zero-order valence-electron chi connectivity index (χ0n) is 20.6. The topological polar surface area (TPSA) is 170 Å². The number of carboxylic acid groups (broad SMARTS) is 1. The van der Waals surface area contributed by atoms with Gasteiger partial charge >= 0.3 is 12.0 Å². The van der Waals surface area contributed by atoms with Crippen LogP contribution in [0.4, 0.5) is 4.79 Å². The summed E-state index contributed by atoms with van der Waals surface area (Å²) in [4.78, 5) is 67.8. The van der Waals surface area contributed by atoms with Gasteiger partial charge in [0.05, 0.1) is 23.9 Å². The van der Waals surface area contributed by atoms with E-state index < -0.39 is 42.2 Å². The quantitative estimate of drug-likeness (QED) is 0.348. The Bertz CT molecular complexity index is 1210. The molecule has 38 heavy (non-hydrogen) atoms. The van der Waals surface area contributed by atoms with Crippen LogP contribution < -0.4 is 10.7 Å². The number of aliphatic carboxylic acids is 1. The smallest absolute Gasteiger partial charge is 0.353 e. The van der Waals surface area contributed by atoms with Crippen LogP contribution in [0.15, 0.2) is 41.8 Å². The molecule has 14 nitrogen and oxygen atoms in total. The van der Waals surface area contributed by atoms with Crippen molar-refractivity contribution in [3.63, 3.8) is 0 Å². The molecule has 3 heterocycles. The monoisotopic (exact) mass is 544 g/mol. The molecule has 2 saturated heterocycles. The maximum absolute atomic E-state index is 13.3. The van der Waals surface area contributed by atoms with Crippen molar-refractivity contribution < 1.29 is 29.1 Å². The zero-order chi connectivity index (χ0) is 27.2. The van der Waals surface area contributed by atoms with E-state index in [1.54, 1.807) is 4.68 Å². The summed E-state index contributed by atoms with van der Waals surface area (Å²) in [6.07, 6.45) is 1.52. The SMILES string of the molecule is CNN1CCC(=O)N2CCCC(C(=O)NC(CC(=O)O)C(=O)CSc3ncnn3-c3ccccc3)N2C1=O. The van der Waals surface area contributed by atoms with E-state index in [4.69, 9.17) is 0 Å². The van der Waals surface area contributed by atoms with Gasteiger partial charge in [-0.3, -0.25) is 24.2 Å². The van der Waals surface area contributed by atoms with Crippen molar-refractivity contribution in [2.45, 2.75) is 42.9 Å². The van der Waals surface area contributed by atoms with Gasteiger partial charge < -0.3 is 10.4 Å². The number of ketones is 1. The molecule has 0 spiro atoms. The maximum Gasteiger partial charge on any atom is 0.353 e. The highest BCUT2D eigenvalue weighted by molar-refractivity contribution is 7.99. The Morgan fingerprint density at radius 2 is 1.95 bits per heavy atom. The van der Waals surface area contributed by atoms with Gasteiger partial charge in [0, 0.05) is 26.6 Å². The van der Waals surface area contributed by atoms with Crippen molar-refractivity contribution in [1.29, 1.82) is 0 Å². The van der Waals surface area contributed by atoms with Gasteiger partial charge in [-0.05, 0) is 25.0 Å². The first-order valence-corrected chi connectivity index (χ1v) is 13.0. The van der Waals surface area contributed by atoms with Gasteiger partial charge in [0.1, 0.15) is 12.4 Å². The van der Waals surface area contributed by atoms with Crippen LogP contribution in [-0.4, -0.2) is 102 Å². The molecule has 3 N–H and O–H groups in total. The number of amides is 4. The van der Waals surface area contributed by atoms with Crippen LogP contribution in [0.5, 0.6) is 0 Å². The Kier molecular flexibility index (Phi) is 8.58. The number of thioether (sulfide) groups is 1. The lowest BCUT2D eigenvalue weighted by atomic mass is 10.0. The van der Waals surface area contributed by atoms with E-state index in [0.29, 0.717) is 11.6 Å². The third kappa shape index (κ3) is 5.94. The summed E-state index contributed by atoms with van der Waals surface area (Å²) in [5, 5.41) is 20.1. The fourth-order valence-corrected chi connectivity index (χ4v) is 5.19. The van der Waals surface area contributed by atoms with Crippen LogP contribution in [0.3, 0.4) is 0 Å². The van der Waals surface area contributed by atoms with Crippen molar-refractivity contribution in [3.05, 3.63) is 36.7 Å². The second kappa shape index (κ2) is 12.0. The molecule has 2 unspecified atom stereocenters. The first-order valence-electron chi connectivity index (χ1n) is 12.0. The van der Waals surface area contributed by atoms with E-state index in [0.717, 1.165) is 22.5 Å². The lowest BCUT2D eigenvalue weighted by Crippen LogP contribution is -2.64. The van der Waals surface area contributed by atoms with Gasteiger partial charge in [-0.25, -0.2) is 29.9 Å². The number of carbonyl (C=O) groups excluding carboxylic acids is 4. The average Bonchev–Trinajstić information content (AvgIpc) is 3.35. The lowest BCUT2D eigenvalue weighted by Gasteiger charge is -2.43. The molecule has 2 fully saturated rings. The van der Waals surface area contributed by atoms with Crippen LogP contribution in [0.1, 0.15) is 25.7 Å². The van der Waals surface area contributed by atoms with Crippen LogP contribution in [-0.2, 0) is 19.2 Å². The molecule has 2 atom stereocenters. The van der Waals surface area contributed by atoms with E-state index in [1.807, 2.05) is 30.3 Å². The summed E-state index contributed by atoms with van der Waals surface area (Å²) >= 11 is 1.06. The molecule has 1 aromatic heterocycles. The van der Waals surface area contributed by atoms with Crippen LogP contribution >= 0.6 is 11.8 Å². The van der Waals surface area contributed by atoms with E-state index >= 15 is 0 Å². The highest BCUT2D eigenvalue weighted by atomic mass is 32.2. The Morgan fingerprint density at radius 3 is 2.66 bits per heavy atom. The molecule has 0 aliphatic carbocycles. The molecule has 15 heteroatoms. The summed E-state index contributed by atoms with van der Waals surface area (Å²) < 4.78 is 1.55. The molecular weight excluding hydrogens is 516 g/mol. The number of para-hydroxylation sites is 1. The standard InChI is InChI=1S/C23H28N8O6S/c1-24-28-11-9-19(33)29-10-5-8-17(31(29)23(28)37)21(36)27-16(12-20(34)35)18(32)13-38-22-25-14-26-30(22)15-6-3-2-4-7-15/h2-4,6-7,14,16-17,24H,5,8-13H2,1H3,(H,27,36)(H,34,35). The largest absolute Gasteiger partial charge is 0.481 e. The number of urea groups is 1. The van der Waals surface area contributed by atoms with Crippen molar-refractivity contribution >= 4 is 41.4 Å². The van der Waals surface area contributed by atoms with E-state index in [2.05, 4.69) is 20.8 Å². The Hall–Kier alpha value is -3.98. The fraction of sp³-hybridized carbons (Fsp3) is 0.435. The third-order valence-electron chi connectivity index (χ3n) is 6.18. The molecule has 4 rings (SSSR count). The fourth-order valence-electron chi connectivity index (χ4n) is 4.32. The summed E-state index contributed by atoms with van der Waals surface area (Å²) in [6.45, 7) is 0.419. The number of nitrogens with one attached hydrogen (secondary N) is 2. The number of nitrogens with zero attached hydrogens (tertiary/aromatic N) is 6. The van der Waals surface area contributed by atoms with Gasteiger partial charge in [0.15, 0.2) is 10.9 Å². The number of benzene rings is 1. The van der Waals surface area contributed by atoms with Crippen molar-refractivity contribution in [3.8, 4) is 5.69 Å². The predicted molar refractivity (Wildman–Crippen MR) is 134 cm³/mol. The molecule has 2 aliphatic rings. The zero-order valence-corrected chi connectivity index (χ0v) is 21.5. The van der Waals surface area contributed by atoms with E-state index in [9.17, 15) is 29.1 Å². The number of fused-ring (bicyclic) bond motifs is 1. The van der Waals surface area contributed by atoms with Gasteiger partial charge in [0.2, 0.25) is 11.8 Å². The second-order valence-electron chi connectivity index (χ2n) is 8.63. The minimum Gasteiger partial charge on any atom is -0.481 e. The molecule has 1 aromatic carbocycles. The van der Waals surface area contributed by atoms with Gasteiger partial charge in [-0.1, -0.05) is 30.0 Å². The summed E-state index contributed by atoms with van der Waals surface area (Å²) in [7, 11) is 1.54. The first-order chi connectivity index (χ1) is 18.3. The average molecular weight is 545 g/mol. The second-order valence-corrected chi connectivity index (χ2v) is 9.57. The molecule has 0 radical (unpaired) electrons. The Balaban J connectivity index is 1.47. The number of hydrazine groups is 2. The molecule has 2 aromatic rings. The lowest BCUT2D eigenvalue weighted by molar-refractivity contribution is -0.155. The number of rotatable bonds is 10. The molecular formula is C23H28N8O6S. The molecule has 0 bridgehead atoms. The normalized spacial score (nSPS) is 18.6. The van der Waals surface area contributed by atoms with Crippen molar-refractivity contribution in [2.24, 2.45) is 0 Å². The number of hydrogen-bond donors (Lipinski definition) is 3.